The van der Waals surface area contributed by atoms with Crippen molar-refractivity contribution in [3.63, 3.8) is 0 Å². The summed E-state index contributed by atoms with van der Waals surface area (Å²) in [6.07, 6.45) is 0.681. The second-order valence-electron chi connectivity index (χ2n) is 4.35. The van der Waals surface area contributed by atoms with Crippen LogP contribution in [0.5, 0.6) is 0 Å². The predicted molar refractivity (Wildman–Crippen MR) is 71.0 cm³/mol. The highest BCUT2D eigenvalue weighted by Crippen LogP contribution is 2.33. The van der Waals surface area contributed by atoms with Gasteiger partial charge in [-0.05, 0) is 41.8 Å². The Balaban J connectivity index is 2.16. The molecule has 0 amide bonds. The van der Waals surface area contributed by atoms with E-state index in [4.69, 9.17) is 0 Å². The fourth-order valence-electron chi connectivity index (χ4n) is 1.73. The first-order chi connectivity index (χ1) is 8.45. The minimum absolute atomic E-state index is 0.249. The summed E-state index contributed by atoms with van der Waals surface area (Å²) in [5.41, 5.74) is 2.03. The van der Waals surface area contributed by atoms with Crippen molar-refractivity contribution in [2.75, 3.05) is 6.66 Å². The molecule has 0 aliphatic rings. The first kappa shape index (κ1) is 13.0. The molecule has 18 heavy (non-hydrogen) atoms. The molecule has 0 fully saturated rings. The minimum Gasteiger partial charge on any atom is -0.341 e. The Kier molecular flexibility index (Phi) is 3.65. The van der Waals surface area contributed by atoms with E-state index in [0.29, 0.717) is 11.7 Å². The Labute approximate surface area is 106 Å². The average molecular weight is 264 g/mol. The number of hydrogen-bond donors (Lipinski definition) is 1. The summed E-state index contributed by atoms with van der Waals surface area (Å²) in [6.45, 7) is 1.32. The molecule has 0 spiro atoms. The number of halogens is 1. The molecule has 0 saturated heterocycles. The van der Waals surface area contributed by atoms with Gasteiger partial charge in [-0.3, -0.25) is 4.57 Å². The van der Waals surface area contributed by atoms with E-state index >= 15 is 0 Å². The van der Waals surface area contributed by atoms with Gasteiger partial charge in [0.2, 0.25) is 7.37 Å². The number of hydrogen-bond acceptors (Lipinski definition) is 1. The second-order valence-corrected chi connectivity index (χ2v) is 6.62. The van der Waals surface area contributed by atoms with Crippen LogP contribution >= 0.6 is 7.37 Å². The molecule has 0 aliphatic carbocycles. The molecule has 1 N–H and O–H groups in total. The smallest absolute Gasteiger partial charge is 0.226 e. The van der Waals surface area contributed by atoms with Crippen molar-refractivity contribution in [1.82, 2.24) is 0 Å². The van der Waals surface area contributed by atoms with E-state index in [1.54, 1.807) is 24.3 Å². The van der Waals surface area contributed by atoms with Crippen LogP contribution in [0.25, 0.3) is 0 Å². The molecule has 0 bridgehead atoms. The maximum absolute atomic E-state index is 12.8. The highest BCUT2D eigenvalue weighted by molar-refractivity contribution is 7.65. The van der Waals surface area contributed by atoms with Gasteiger partial charge in [0, 0.05) is 12.0 Å². The van der Waals surface area contributed by atoms with Crippen molar-refractivity contribution >= 4 is 12.7 Å². The van der Waals surface area contributed by atoms with Gasteiger partial charge in [0.15, 0.2) is 0 Å². The summed E-state index contributed by atoms with van der Waals surface area (Å²) in [4.78, 5) is 9.41. The molecule has 2 aromatic rings. The first-order valence-electron chi connectivity index (χ1n) is 5.59. The molecular weight excluding hydrogens is 250 g/mol. The Morgan fingerprint density at radius 2 is 1.44 bits per heavy atom. The third kappa shape index (κ3) is 3.28. The lowest BCUT2D eigenvalue weighted by Gasteiger charge is -2.07. The maximum atomic E-state index is 12.8. The molecule has 1 atom stereocenters. The van der Waals surface area contributed by atoms with E-state index in [9.17, 15) is 13.8 Å². The Morgan fingerprint density at radius 1 is 1.00 bits per heavy atom. The van der Waals surface area contributed by atoms with E-state index in [0.717, 1.165) is 11.1 Å². The molecule has 4 heteroatoms. The quantitative estimate of drug-likeness (QED) is 0.865. The Morgan fingerprint density at radius 3 is 1.89 bits per heavy atom. The van der Waals surface area contributed by atoms with Crippen LogP contribution in [-0.2, 0) is 11.0 Å². The SMILES string of the molecule is CP(=O)(O)c1ccc(Cc2ccc(F)cc2)cc1. The fourth-order valence-corrected chi connectivity index (χ4v) is 2.43. The molecule has 0 aliphatic heterocycles. The Bertz CT molecular complexity index is 570. The van der Waals surface area contributed by atoms with Gasteiger partial charge in [-0.25, -0.2) is 4.39 Å². The van der Waals surface area contributed by atoms with Crippen molar-refractivity contribution in [3.05, 3.63) is 65.5 Å². The van der Waals surface area contributed by atoms with Gasteiger partial charge >= 0.3 is 0 Å². The lowest BCUT2D eigenvalue weighted by molar-refractivity contribution is 0.496. The van der Waals surface area contributed by atoms with Crippen LogP contribution in [0, 0.1) is 5.82 Å². The number of rotatable bonds is 3. The van der Waals surface area contributed by atoms with Crippen molar-refractivity contribution < 1.29 is 13.8 Å². The topological polar surface area (TPSA) is 37.3 Å². The van der Waals surface area contributed by atoms with Crippen LogP contribution in [0.1, 0.15) is 11.1 Å². The maximum Gasteiger partial charge on any atom is 0.226 e. The minimum atomic E-state index is -3.18. The van der Waals surface area contributed by atoms with Crippen molar-refractivity contribution in [2.24, 2.45) is 0 Å². The zero-order chi connectivity index (χ0) is 13.2. The molecule has 94 valence electrons. The van der Waals surface area contributed by atoms with Gasteiger partial charge in [-0.1, -0.05) is 24.3 Å². The highest BCUT2D eigenvalue weighted by Gasteiger charge is 2.12. The zero-order valence-corrected chi connectivity index (χ0v) is 10.9. The van der Waals surface area contributed by atoms with Crippen LogP contribution in [0.4, 0.5) is 4.39 Å². The molecule has 0 heterocycles. The zero-order valence-electron chi connectivity index (χ0n) is 10.0. The van der Waals surface area contributed by atoms with E-state index in [2.05, 4.69) is 0 Å². The molecule has 0 saturated carbocycles. The molecule has 2 aromatic carbocycles. The second kappa shape index (κ2) is 5.05. The van der Waals surface area contributed by atoms with Crippen molar-refractivity contribution in [1.29, 1.82) is 0 Å². The van der Waals surface area contributed by atoms with Gasteiger partial charge in [0.25, 0.3) is 0 Å². The number of benzene rings is 2. The van der Waals surface area contributed by atoms with E-state index in [-0.39, 0.29) is 5.82 Å². The van der Waals surface area contributed by atoms with Crippen molar-refractivity contribution in [3.8, 4) is 0 Å². The summed E-state index contributed by atoms with van der Waals surface area (Å²) in [7, 11) is -3.18. The van der Waals surface area contributed by atoms with Crippen LogP contribution < -0.4 is 5.30 Å². The van der Waals surface area contributed by atoms with E-state index in [1.807, 2.05) is 12.1 Å². The molecule has 1 unspecified atom stereocenters. The van der Waals surface area contributed by atoms with E-state index in [1.165, 1.54) is 18.8 Å². The largest absolute Gasteiger partial charge is 0.341 e. The highest BCUT2D eigenvalue weighted by atomic mass is 31.2. The lowest BCUT2D eigenvalue weighted by atomic mass is 10.1. The molecule has 2 nitrogen and oxygen atoms in total. The van der Waals surface area contributed by atoms with Gasteiger partial charge < -0.3 is 4.89 Å². The van der Waals surface area contributed by atoms with Gasteiger partial charge in [0.05, 0.1) is 0 Å². The van der Waals surface area contributed by atoms with Crippen LogP contribution in [0.3, 0.4) is 0 Å². The van der Waals surface area contributed by atoms with Crippen LogP contribution in [-0.4, -0.2) is 11.6 Å². The summed E-state index contributed by atoms with van der Waals surface area (Å²) in [5, 5.41) is 0.449. The molecule has 0 radical (unpaired) electrons. The summed E-state index contributed by atoms with van der Waals surface area (Å²) >= 11 is 0. The van der Waals surface area contributed by atoms with Crippen LogP contribution in [0.2, 0.25) is 0 Å². The van der Waals surface area contributed by atoms with Gasteiger partial charge in [-0.15, -0.1) is 0 Å². The summed E-state index contributed by atoms with van der Waals surface area (Å²) in [6, 6.07) is 13.3. The standard InChI is InChI=1S/C14H14FO2P/c1-18(16,17)14-8-4-12(5-9-14)10-11-2-6-13(15)7-3-11/h2-9H,10H2,1H3,(H,16,17). The van der Waals surface area contributed by atoms with Crippen molar-refractivity contribution in [2.45, 2.75) is 6.42 Å². The third-order valence-electron chi connectivity index (χ3n) is 2.74. The fraction of sp³-hybridized carbons (Fsp3) is 0.143. The van der Waals surface area contributed by atoms with Gasteiger partial charge in [-0.2, -0.15) is 0 Å². The predicted octanol–water partition coefficient (Wildman–Crippen LogP) is 2.94. The Hall–Kier alpha value is -1.44. The third-order valence-corrected chi connectivity index (χ3v) is 3.99. The monoisotopic (exact) mass is 264 g/mol. The summed E-state index contributed by atoms with van der Waals surface area (Å²) in [5.74, 6) is -0.249. The van der Waals surface area contributed by atoms with E-state index < -0.39 is 7.37 Å². The normalized spacial score (nSPS) is 14.2. The molecular formula is C14H14FO2P. The van der Waals surface area contributed by atoms with Gasteiger partial charge in [0.1, 0.15) is 5.82 Å². The first-order valence-corrected chi connectivity index (χ1v) is 7.70. The van der Waals surface area contributed by atoms with Crippen LogP contribution in [0.15, 0.2) is 48.5 Å². The lowest BCUT2D eigenvalue weighted by Crippen LogP contribution is -2.03. The summed E-state index contributed by atoms with van der Waals surface area (Å²) < 4.78 is 24.2. The average Bonchev–Trinajstić information content (AvgIpc) is 2.32. The molecule has 0 aromatic heterocycles. The molecule has 2 rings (SSSR count).